The Hall–Kier alpha value is -2.46. The zero-order valence-electron chi connectivity index (χ0n) is 11.2. The number of para-hydroxylation sites is 1. The second-order valence-electron chi connectivity index (χ2n) is 4.91. The lowest BCUT2D eigenvalue weighted by atomic mass is 10.2. The van der Waals surface area contributed by atoms with E-state index in [-0.39, 0.29) is 5.56 Å². The van der Waals surface area contributed by atoms with Gasteiger partial charge in [0.2, 0.25) is 0 Å². The van der Waals surface area contributed by atoms with E-state index >= 15 is 0 Å². The summed E-state index contributed by atoms with van der Waals surface area (Å²) in [5.41, 5.74) is 1.91. The fourth-order valence-electron chi connectivity index (χ4n) is 2.68. The third-order valence-corrected chi connectivity index (χ3v) is 3.84. The van der Waals surface area contributed by atoms with Crippen LogP contribution >= 0.6 is 11.6 Å². The van der Waals surface area contributed by atoms with Crippen molar-refractivity contribution in [1.82, 2.24) is 14.4 Å². The molecule has 0 aliphatic carbocycles. The lowest BCUT2D eigenvalue weighted by Crippen LogP contribution is -2.13. The minimum atomic E-state index is -0.252. The van der Waals surface area contributed by atoms with E-state index < -0.39 is 0 Å². The molecule has 0 amide bonds. The Morgan fingerprint density at radius 2 is 1.86 bits per heavy atom. The molecule has 0 N–H and O–H groups in total. The molecule has 5 heteroatoms. The standard InChI is InChI=1S/C16H10ClN3O/c1-9-18-13-5-3-2-4-11(13)15-19-16(21)12-7-6-10(17)8-14(12)20(9)15/h2-8H,1H3. The summed E-state index contributed by atoms with van der Waals surface area (Å²) in [6, 6.07) is 12.8. The smallest absolute Gasteiger partial charge is 0.281 e. The van der Waals surface area contributed by atoms with Gasteiger partial charge in [0.05, 0.1) is 16.4 Å². The normalized spacial score (nSPS) is 11.5. The quantitative estimate of drug-likeness (QED) is 0.467. The molecule has 0 fully saturated rings. The van der Waals surface area contributed by atoms with E-state index in [0.717, 1.165) is 22.2 Å². The van der Waals surface area contributed by atoms with Crippen molar-refractivity contribution in [3.63, 3.8) is 0 Å². The van der Waals surface area contributed by atoms with Crippen LogP contribution in [0.5, 0.6) is 0 Å². The maximum Gasteiger partial charge on any atom is 0.281 e. The molecule has 0 spiro atoms. The number of hydrogen-bond donors (Lipinski definition) is 0. The number of halogens is 1. The largest absolute Gasteiger partial charge is 0.281 e. The van der Waals surface area contributed by atoms with Crippen LogP contribution in [0, 0.1) is 6.92 Å². The summed E-state index contributed by atoms with van der Waals surface area (Å²) < 4.78 is 1.88. The van der Waals surface area contributed by atoms with Crippen molar-refractivity contribution in [3.8, 4) is 0 Å². The Morgan fingerprint density at radius 3 is 2.71 bits per heavy atom. The highest BCUT2D eigenvalue weighted by Gasteiger charge is 2.11. The lowest BCUT2D eigenvalue weighted by Gasteiger charge is -2.11. The van der Waals surface area contributed by atoms with Crippen LogP contribution in [0.4, 0.5) is 0 Å². The third-order valence-electron chi connectivity index (χ3n) is 3.60. The van der Waals surface area contributed by atoms with E-state index in [1.54, 1.807) is 18.2 Å². The molecule has 0 unspecified atom stereocenters. The summed E-state index contributed by atoms with van der Waals surface area (Å²) in [5, 5.41) is 1.97. The van der Waals surface area contributed by atoms with Crippen LogP contribution in [0.2, 0.25) is 5.02 Å². The van der Waals surface area contributed by atoms with Crippen molar-refractivity contribution in [3.05, 3.63) is 63.7 Å². The van der Waals surface area contributed by atoms with Crippen molar-refractivity contribution >= 4 is 39.1 Å². The second kappa shape index (κ2) is 4.27. The molecular weight excluding hydrogens is 286 g/mol. The van der Waals surface area contributed by atoms with Gasteiger partial charge in [0, 0.05) is 10.4 Å². The van der Waals surface area contributed by atoms with E-state index in [0.29, 0.717) is 16.1 Å². The molecule has 21 heavy (non-hydrogen) atoms. The van der Waals surface area contributed by atoms with E-state index in [1.165, 1.54) is 0 Å². The molecule has 2 aromatic carbocycles. The topological polar surface area (TPSA) is 47.3 Å². The van der Waals surface area contributed by atoms with Gasteiger partial charge in [-0.15, -0.1) is 0 Å². The van der Waals surface area contributed by atoms with Gasteiger partial charge in [-0.2, -0.15) is 4.98 Å². The zero-order valence-corrected chi connectivity index (χ0v) is 11.9. The van der Waals surface area contributed by atoms with Crippen molar-refractivity contribution in [1.29, 1.82) is 0 Å². The number of rotatable bonds is 0. The Balaban J connectivity index is 2.40. The number of benzene rings is 2. The van der Waals surface area contributed by atoms with Gasteiger partial charge in [0.1, 0.15) is 5.82 Å². The number of hydrogen-bond acceptors (Lipinski definition) is 3. The Labute approximate surface area is 124 Å². The maximum atomic E-state index is 12.3. The maximum absolute atomic E-state index is 12.3. The number of fused-ring (bicyclic) bond motifs is 5. The monoisotopic (exact) mass is 295 g/mol. The lowest BCUT2D eigenvalue weighted by molar-refractivity contribution is 1.01. The summed E-state index contributed by atoms with van der Waals surface area (Å²) >= 11 is 6.09. The third kappa shape index (κ3) is 1.73. The highest BCUT2D eigenvalue weighted by atomic mass is 35.5. The first-order valence-corrected chi connectivity index (χ1v) is 6.90. The van der Waals surface area contributed by atoms with Gasteiger partial charge in [-0.1, -0.05) is 23.7 Å². The van der Waals surface area contributed by atoms with Crippen LogP contribution in [-0.4, -0.2) is 14.4 Å². The SMILES string of the molecule is Cc1nc2ccccc2c2nc(=O)c3ccc(Cl)cc3n12. The number of aromatic nitrogens is 3. The summed E-state index contributed by atoms with van der Waals surface area (Å²) in [4.78, 5) is 21.1. The van der Waals surface area contributed by atoms with Crippen molar-refractivity contribution in [2.24, 2.45) is 0 Å². The van der Waals surface area contributed by atoms with Crippen molar-refractivity contribution in [2.45, 2.75) is 6.92 Å². The van der Waals surface area contributed by atoms with Gasteiger partial charge in [-0.25, -0.2) is 4.98 Å². The predicted molar refractivity (Wildman–Crippen MR) is 84.0 cm³/mol. The van der Waals surface area contributed by atoms with Gasteiger partial charge in [-0.3, -0.25) is 9.20 Å². The average Bonchev–Trinajstić information content (AvgIpc) is 2.47. The Morgan fingerprint density at radius 1 is 1.05 bits per heavy atom. The second-order valence-corrected chi connectivity index (χ2v) is 5.35. The molecular formula is C16H10ClN3O. The highest BCUT2D eigenvalue weighted by molar-refractivity contribution is 6.31. The summed E-state index contributed by atoms with van der Waals surface area (Å²) in [6.07, 6.45) is 0. The molecule has 0 saturated carbocycles. The van der Waals surface area contributed by atoms with Crippen molar-refractivity contribution < 1.29 is 0 Å². The number of nitrogens with zero attached hydrogens (tertiary/aromatic N) is 3. The molecule has 0 bridgehead atoms. The van der Waals surface area contributed by atoms with Crippen LogP contribution in [0.1, 0.15) is 5.82 Å². The Kier molecular flexibility index (Phi) is 2.50. The van der Waals surface area contributed by atoms with E-state index in [9.17, 15) is 4.79 Å². The van der Waals surface area contributed by atoms with Crippen LogP contribution in [0.3, 0.4) is 0 Å². The molecule has 2 aromatic heterocycles. The van der Waals surface area contributed by atoms with Gasteiger partial charge >= 0.3 is 0 Å². The van der Waals surface area contributed by atoms with Crippen LogP contribution in [-0.2, 0) is 0 Å². The zero-order chi connectivity index (χ0) is 14.6. The molecule has 102 valence electrons. The fraction of sp³-hybridized carbons (Fsp3) is 0.0625. The van der Waals surface area contributed by atoms with Crippen LogP contribution in [0.25, 0.3) is 27.5 Å². The summed E-state index contributed by atoms with van der Waals surface area (Å²) in [5.74, 6) is 0.767. The average molecular weight is 296 g/mol. The molecule has 2 heterocycles. The summed E-state index contributed by atoms with van der Waals surface area (Å²) in [7, 11) is 0. The Bertz CT molecular complexity index is 1090. The van der Waals surface area contributed by atoms with Gasteiger partial charge in [0.15, 0.2) is 5.65 Å². The molecule has 0 aliphatic rings. The number of aryl methyl sites for hydroxylation is 1. The summed E-state index contributed by atoms with van der Waals surface area (Å²) in [6.45, 7) is 1.89. The minimum absolute atomic E-state index is 0.252. The minimum Gasteiger partial charge on any atom is -0.281 e. The molecule has 4 rings (SSSR count). The highest BCUT2D eigenvalue weighted by Crippen LogP contribution is 2.23. The van der Waals surface area contributed by atoms with E-state index in [4.69, 9.17) is 11.6 Å². The predicted octanol–water partition coefficient (Wildman–Crippen LogP) is 3.36. The van der Waals surface area contributed by atoms with Gasteiger partial charge in [0.25, 0.3) is 5.56 Å². The first-order chi connectivity index (χ1) is 10.1. The first-order valence-electron chi connectivity index (χ1n) is 6.52. The molecule has 0 atom stereocenters. The first kappa shape index (κ1) is 12.3. The van der Waals surface area contributed by atoms with E-state index in [1.807, 2.05) is 35.6 Å². The van der Waals surface area contributed by atoms with Gasteiger partial charge < -0.3 is 0 Å². The van der Waals surface area contributed by atoms with E-state index in [2.05, 4.69) is 9.97 Å². The van der Waals surface area contributed by atoms with Crippen molar-refractivity contribution in [2.75, 3.05) is 0 Å². The van der Waals surface area contributed by atoms with Crippen LogP contribution < -0.4 is 5.56 Å². The molecule has 4 aromatic rings. The fourth-order valence-corrected chi connectivity index (χ4v) is 2.85. The molecule has 0 aliphatic heterocycles. The molecule has 0 radical (unpaired) electrons. The van der Waals surface area contributed by atoms with Crippen LogP contribution in [0.15, 0.2) is 47.3 Å². The molecule has 4 nitrogen and oxygen atoms in total. The van der Waals surface area contributed by atoms with Gasteiger partial charge in [-0.05, 0) is 37.3 Å². The molecule has 0 saturated heterocycles.